The Hall–Kier alpha value is -3.77. The summed E-state index contributed by atoms with van der Waals surface area (Å²) in [5.74, 6) is -3.77. The van der Waals surface area contributed by atoms with Gasteiger partial charge in [-0.15, -0.1) is 0 Å². The number of aryl methyl sites for hydroxylation is 2. The minimum atomic E-state index is -4.77. The lowest BCUT2D eigenvalue weighted by atomic mass is 9.77. The highest BCUT2D eigenvalue weighted by atomic mass is 127. The highest BCUT2D eigenvalue weighted by Crippen LogP contribution is 2.45. The van der Waals surface area contributed by atoms with Crippen LogP contribution in [0.25, 0.3) is 11.0 Å². The number of ether oxygens (including phenoxy) is 2. The second kappa shape index (κ2) is 14.6. The van der Waals surface area contributed by atoms with Crippen molar-refractivity contribution in [3.63, 3.8) is 0 Å². The minimum absolute atomic E-state index is 0.0188. The van der Waals surface area contributed by atoms with Crippen molar-refractivity contribution in [2.45, 2.75) is 60.1 Å². The van der Waals surface area contributed by atoms with E-state index in [1.165, 1.54) is 43.4 Å². The van der Waals surface area contributed by atoms with E-state index in [9.17, 15) is 35.6 Å². The third kappa shape index (κ3) is 7.93. The monoisotopic (exact) mass is 856 g/mol. The summed E-state index contributed by atoms with van der Waals surface area (Å²) in [5, 5.41) is 2.38. The second-order valence-corrected chi connectivity index (χ2v) is 17.3. The molecule has 1 N–H and O–H groups in total. The van der Waals surface area contributed by atoms with Crippen LogP contribution in [-0.2, 0) is 37.6 Å². The first kappa shape index (κ1) is 38.0. The van der Waals surface area contributed by atoms with E-state index < -0.39 is 60.6 Å². The van der Waals surface area contributed by atoms with Gasteiger partial charge < -0.3 is 19.4 Å². The molecular weight excluding hydrogens is 819 g/mol. The molecule has 52 heavy (non-hydrogen) atoms. The standard InChI is InChI=1S/C36H37F4IN4O6S/c1-21-42-31-18-26(11-13-32(31)44(21)2)52(48,49)45(3)24-8-5-9-25(17-24)51-34(47)27-14-15-35(41,50-20-22-6-4-7-22)19-28(27)33(46)43-30-12-10-23(16-29(30)37)36(38,39)40/h5,8-13,16-18,22,27-28H,4,6-7,14-15,19-20H2,1-3H3,(H,43,46)/t27-,28-,35+/m0/s1. The second-order valence-electron chi connectivity index (χ2n) is 13.4. The van der Waals surface area contributed by atoms with Crippen LogP contribution in [0.5, 0.6) is 5.75 Å². The number of hydrogen-bond donors (Lipinski definition) is 1. The molecule has 1 heterocycles. The zero-order chi connectivity index (χ0) is 37.6. The van der Waals surface area contributed by atoms with E-state index in [2.05, 4.69) is 32.9 Å². The quantitative estimate of drug-likeness (QED) is 0.0569. The molecule has 16 heteroatoms. The molecule has 1 amide bonds. The SMILES string of the molecule is Cc1nc2cc(S(=O)(=O)N(C)c3cccc(OC(=O)[C@H]4CC[C@@](I)(OCC5CCC5)C[C@@H]4C(=O)Nc4ccc(C(F)(F)F)cc4F)c3)ccc2n1C. The molecule has 4 aromatic rings. The van der Waals surface area contributed by atoms with Gasteiger partial charge in [0.2, 0.25) is 5.91 Å². The predicted octanol–water partition coefficient (Wildman–Crippen LogP) is 7.77. The molecule has 3 atom stereocenters. The third-order valence-corrected chi connectivity index (χ3v) is 13.0. The lowest BCUT2D eigenvalue weighted by molar-refractivity contribution is -0.148. The van der Waals surface area contributed by atoms with Crippen LogP contribution < -0.4 is 14.4 Å². The first-order chi connectivity index (χ1) is 24.4. The number of amides is 1. The Bertz CT molecular complexity index is 2120. The molecule has 0 aliphatic heterocycles. The van der Waals surface area contributed by atoms with E-state index >= 15 is 0 Å². The molecule has 2 fully saturated rings. The van der Waals surface area contributed by atoms with Crippen molar-refractivity contribution in [2.24, 2.45) is 24.8 Å². The maximum absolute atomic E-state index is 14.8. The summed E-state index contributed by atoms with van der Waals surface area (Å²) >= 11 is 2.13. The maximum Gasteiger partial charge on any atom is 0.416 e. The van der Waals surface area contributed by atoms with E-state index in [0.717, 1.165) is 41.0 Å². The third-order valence-electron chi connectivity index (χ3n) is 9.97. The van der Waals surface area contributed by atoms with Gasteiger partial charge in [0.1, 0.15) is 21.0 Å². The Balaban J connectivity index is 1.21. The zero-order valence-electron chi connectivity index (χ0n) is 28.5. The van der Waals surface area contributed by atoms with Crippen LogP contribution in [0.3, 0.4) is 0 Å². The number of aromatic nitrogens is 2. The molecule has 0 bridgehead atoms. The molecular formula is C36H37F4IN4O6S. The number of fused-ring (bicyclic) bond motifs is 1. The lowest BCUT2D eigenvalue weighted by Crippen LogP contribution is -2.46. The fourth-order valence-electron chi connectivity index (χ4n) is 6.47. The summed E-state index contributed by atoms with van der Waals surface area (Å²) in [7, 11) is -0.852. The predicted molar refractivity (Wildman–Crippen MR) is 194 cm³/mol. The number of nitrogens with one attached hydrogen (secondary N) is 1. The molecule has 3 aromatic carbocycles. The lowest BCUT2D eigenvalue weighted by Gasteiger charge is -2.41. The summed E-state index contributed by atoms with van der Waals surface area (Å²) in [5.41, 5.74) is -0.165. The normalized spacial score (nSPS) is 21.1. The van der Waals surface area contributed by atoms with E-state index in [1.54, 1.807) is 6.07 Å². The van der Waals surface area contributed by atoms with E-state index in [0.29, 0.717) is 36.6 Å². The Morgan fingerprint density at radius 3 is 2.50 bits per heavy atom. The number of alkyl halides is 4. The van der Waals surface area contributed by atoms with Gasteiger partial charge in [0, 0.05) is 20.2 Å². The largest absolute Gasteiger partial charge is 0.426 e. The number of esters is 1. The number of rotatable bonds is 10. The molecule has 0 spiro atoms. The number of sulfonamides is 1. The molecule has 2 aliphatic carbocycles. The van der Waals surface area contributed by atoms with Gasteiger partial charge in [0.05, 0.1) is 51.3 Å². The van der Waals surface area contributed by atoms with Gasteiger partial charge >= 0.3 is 12.1 Å². The van der Waals surface area contributed by atoms with Gasteiger partial charge in [-0.3, -0.25) is 13.9 Å². The summed E-state index contributed by atoms with van der Waals surface area (Å²) in [6, 6.07) is 12.4. The molecule has 0 saturated heterocycles. The Morgan fingerprint density at radius 2 is 1.83 bits per heavy atom. The fraction of sp³-hybridized carbons (Fsp3) is 0.417. The van der Waals surface area contributed by atoms with Crippen LogP contribution in [0.1, 0.15) is 49.9 Å². The maximum atomic E-state index is 14.8. The van der Waals surface area contributed by atoms with Crippen molar-refractivity contribution >= 4 is 66.9 Å². The number of imidazole rings is 1. The smallest absolute Gasteiger partial charge is 0.416 e. The van der Waals surface area contributed by atoms with Crippen molar-refractivity contribution in [3.05, 3.63) is 77.9 Å². The molecule has 2 aliphatic rings. The summed E-state index contributed by atoms with van der Waals surface area (Å²) in [6.45, 7) is 2.30. The number of carbonyl (C=O) groups excluding carboxylic acids is 2. The summed E-state index contributed by atoms with van der Waals surface area (Å²) in [4.78, 5) is 31.9. The number of benzene rings is 3. The first-order valence-electron chi connectivity index (χ1n) is 16.7. The number of halogens is 5. The van der Waals surface area contributed by atoms with E-state index in [-0.39, 0.29) is 29.2 Å². The zero-order valence-corrected chi connectivity index (χ0v) is 31.5. The molecule has 278 valence electrons. The molecule has 10 nitrogen and oxygen atoms in total. The minimum Gasteiger partial charge on any atom is -0.426 e. The fourth-order valence-corrected chi connectivity index (χ4v) is 8.64. The highest BCUT2D eigenvalue weighted by molar-refractivity contribution is 14.1. The topological polar surface area (TPSA) is 120 Å². The Labute approximate surface area is 312 Å². The average Bonchev–Trinajstić information content (AvgIpc) is 3.35. The average molecular weight is 857 g/mol. The van der Waals surface area contributed by atoms with Crippen molar-refractivity contribution in [1.82, 2.24) is 9.55 Å². The molecule has 0 radical (unpaired) electrons. The summed E-state index contributed by atoms with van der Waals surface area (Å²) in [6.07, 6.45) is -0.952. The number of carbonyl (C=O) groups is 2. The van der Waals surface area contributed by atoms with Gasteiger partial charge in [0.25, 0.3) is 10.0 Å². The van der Waals surface area contributed by atoms with Crippen LogP contribution >= 0.6 is 22.6 Å². The number of anilines is 2. The van der Waals surface area contributed by atoms with Gasteiger partial charge in [-0.25, -0.2) is 17.8 Å². The molecule has 1 aromatic heterocycles. The Morgan fingerprint density at radius 1 is 1.08 bits per heavy atom. The van der Waals surface area contributed by atoms with Gasteiger partial charge in [0.15, 0.2) is 0 Å². The van der Waals surface area contributed by atoms with E-state index in [1.807, 2.05) is 18.5 Å². The van der Waals surface area contributed by atoms with Crippen molar-refractivity contribution < 1.29 is 45.0 Å². The van der Waals surface area contributed by atoms with Crippen molar-refractivity contribution in [2.75, 3.05) is 23.3 Å². The van der Waals surface area contributed by atoms with E-state index in [4.69, 9.17) is 9.47 Å². The Kier molecular flexibility index (Phi) is 10.6. The van der Waals surface area contributed by atoms with Crippen LogP contribution in [0.2, 0.25) is 0 Å². The number of hydrogen-bond acceptors (Lipinski definition) is 7. The molecule has 2 saturated carbocycles. The summed E-state index contributed by atoms with van der Waals surface area (Å²) < 4.78 is 95.5. The molecule has 6 rings (SSSR count). The van der Waals surface area contributed by atoms with Crippen LogP contribution in [-0.4, -0.2) is 47.1 Å². The number of nitrogens with zero attached hydrogens (tertiary/aromatic N) is 3. The van der Waals surface area contributed by atoms with Crippen LogP contribution in [0.4, 0.5) is 28.9 Å². The van der Waals surface area contributed by atoms with Crippen molar-refractivity contribution in [1.29, 1.82) is 0 Å². The van der Waals surface area contributed by atoms with Crippen LogP contribution in [0, 0.1) is 30.5 Å². The van der Waals surface area contributed by atoms with Gasteiger partial charge in [-0.05, 0) is 116 Å². The van der Waals surface area contributed by atoms with Crippen molar-refractivity contribution in [3.8, 4) is 5.75 Å². The highest BCUT2D eigenvalue weighted by Gasteiger charge is 2.47. The molecule has 0 unspecified atom stereocenters. The van der Waals surface area contributed by atoms with Crippen LogP contribution in [0.15, 0.2) is 65.6 Å². The first-order valence-corrected chi connectivity index (χ1v) is 19.2. The van der Waals surface area contributed by atoms with Gasteiger partial charge in [-0.1, -0.05) is 12.5 Å². The van der Waals surface area contributed by atoms with Gasteiger partial charge in [-0.2, -0.15) is 13.2 Å².